The highest BCUT2D eigenvalue weighted by molar-refractivity contribution is 6.02. The molecule has 0 spiro atoms. The number of Topliss-reactive ketones (excluding diaryl/α,β-unsaturated/α-hetero) is 1. The molecule has 3 rings (SSSR count). The minimum Gasteiger partial charge on any atom is -0.293 e. The number of ketones is 1. The van der Waals surface area contributed by atoms with Gasteiger partial charge in [0, 0.05) is 11.8 Å². The van der Waals surface area contributed by atoms with Gasteiger partial charge in [-0.25, -0.2) is 4.39 Å². The molecule has 0 amide bonds. The van der Waals surface area contributed by atoms with E-state index in [1.54, 1.807) is 12.3 Å². The Hall–Kier alpha value is -2.03. The summed E-state index contributed by atoms with van der Waals surface area (Å²) in [6, 6.07) is 8.26. The second-order valence-corrected chi connectivity index (χ2v) is 4.96. The summed E-state index contributed by atoms with van der Waals surface area (Å²) in [5.41, 5.74) is 3.28. The summed E-state index contributed by atoms with van der Waals surface area (Å²) < 4.78 is 13.3. The lowest BCUT2D eigenvalue weighted by Crippen LogP contribution is -2.13. The van der Waals surface area contributed by atoms with Crippen LogP contribution >= 0.6 is 0 Å². The van der Waals surface area contributed by atoms with Crippen LogP contribution in [0.5, 0.6) is 0 Å². The normalized spacial score (nSPS) is 17.3. The van der Waals surface area contributed by atoms with Crippen molar-refractivity contribution in [3.05, 3.63) is 64.7 Å². The first-order valence-corrected chi connectivity index (χ1v) is 6.41. The average Bonchev–Trinajstić information content (AvgIpc) is 2.84. The molecule has 96 valence electrons. The molecule has 1 aromatic carbocycles. The number of hydrogen-bond donors (Lipinski definition) is 0. The number of carbonyl (C=O) groups is 1. The van der Waals surface area contributed by atoms with Gasteiger partial charge in [0.25, 0.3) is 0 Å². The molecule has 0 saturated carbocycles. The fourth-order valence-corrected chi connectivity index (χ4v) is 2.72. The fourth-order valence-electron chi connectivity index (χ4n) is 2.72. The SMILES string of the molecule is Cc1ccc(F)cc1C(=O)C1CCc2cccnc21. The molecule has 0 bridgehead atoms. The van der Waals surface area contributed by atoms with Crippen molar-refractivity contribution in [2.75, 3.05) is 0 Å². The molecule has 1 atom stereocenters. The number of nitrogens with zero attached hydrogens (tertiary/aromatic N) is 1. The van der Waals surface area contributed by atoms with E-state index in [9.17, 15) is 9.18 Å². The number of aromatic nitrogens is 1. The molecule has 2 nitrogen and oxygen atoms in total. The maximum atomic E-state index is 13.3. The van der Waals surface area contributed by atoms with E-state index in [1.165, 1.54) is 12.1 Å². The lowest BCUT2D eigenvalue weighted by atomic mass is 9.92. The molecular weight excluding hydrogens is 241 g/mol. The van der Waals surface area contributed by atoms with E-state index in [1.807, 2.05) is 19.1 Å². The van der Waals surface area contributed by atoms with E-state index < -0.39 is 0 Å². The Labute approximate surface area is 111 Å². The zero-order valence-electron chi connectivity index (χ0n) is 10.7. The number of halogens is 1. The predicted molar refractivity (Wildman–Crippen MR) is 70.8 cm³/mol. The van der Waals surface area contributed by atoms with Crippen LogP contribution in [0.4, 0.5) is 4.39 Å². The minimum atomic E-state index is -0.367. The maximum Gasteiger partial charge on any atom is 0.172 e. The summed E-state index contributed by atoms with van der Waals surface area (Å²) in [6.45, 7) is 1.83. The zero-order valence-corrected chi connectivity index (χ0v) is 10.7. The second-order valence-electron chi connectivity index (χ2n) is 4.96. The zero-order chi connectivity index (χ0) is 13.4. The maximum absolute atomic E-state index is 13.3. The molecule has 1 unspecified atom stereocenters. The topological polar surface area (TPSA) is 30.0 Å². The molecule has 0 fully saturated rings. The number of hydrogen-bond acceptors (Lipinski definition) is 2. The molecular formula is C16H14FNO. The van der Waals surface area contributed by atoms with Crippen LogP contribution < -0.4 is 0 Å². The van der Waals surface area contributed by atoms with Crippen LogP contribution in [-0.2, 0) is 6.42 Å². The van der Waals surface area contributed by atoms with Crippen molar-refractivity contribution < 1.29 is 9.18 Å². The molecule has 0 aliphatic heterocycles. The van der Waals surface area contributed by atoms with Gasteiger partial charge in [0.05, 0.1) is 11.6 Å². The Morgan fingerprint density at radius 3 is 3.05 bits per heavy atom. The number of rotatable bonds is 2. The van der Waals surface area contributed by atoms with Gasteiger partial charge >= 0.3 is 0 Å². The standard InChI is InChI=1S/C16H14FNO/c1-10-4-6-12(17)9-14(10)16(19)13-7-5-11-3-2-8-18-15(11)13/h2-4,6,8-9,13H,5,7H2,1H3. The molecule has 1 aromatic heterocycles. The van der Waals surface area contributed by atoms with Gasteiger partial charge in [-0.15, -0.1) is 0 Å². The molecule has 0 saturated heterocycles. The molecule has 1 aliphatic rings. The van der Waals surface area contributed by atoms with E-state index in [-0.39, 0.29) is 17.5 Å². The first kappa shape index (κ1) is 12.0. The van der Waals surface area contributed by atoms with Gasteiger partial charge in [-0.05, 0) is 49.1 Å². The molecule has 19 heavy (non-hydrogen) atoms. The summed E-state index contributed by atoms with van der Waals surface area (Å²) in [7, 11) is 0. The molecule has 3 heteroatoms. The van der Waals surface area contributed by atoms with Gasteiger partial charge in [-0.2, -0.15) is 0 Å². The van der Waals surface area contributed by atoms with Crippen LogP contribution in [0.15, 0.2) is 36.5 Å². The lowest BCUT2D eigenvalue weighted by Gasteiger charge is -2.11. The number of fused-ring (bicyclic) bond motifs is 1. The van der Waals surface area contributed by atoms with Crippen LogP contribution in [0.25, 0.3) is 0 Å². The number of carbonyl (C=O) groups excluding carboxylic acids is 1. The highest BCUT2D eigenvalue weighted by Gasteiger charge is 2.31. The monoisotopic (exact) mass is 255 g/mol. The molecule has 1 heterocycles. The Bertz CT molecular complexity index is 651. The van der Waals surface area contributed by atoms with Crippen molar-refractivity contribution in [3.63, 3.8) is 0 Å². The first-order valence-electron chi connectivity index (χ1n) is 6.41. The van der Waals surface area contributed by atoms with E-state index in [2.05, 4.69) is 4.98 Å². The molecule has 0 radical (unpaired) electrons. The summed E-state index contributed by atoms with van der Waals surface area (Å²) in [5, 5.41) is 0. The van der Waals surface area contributed by atoms with Gasteiger partial charge in [-0.3, -0.25) is 9.78 Å². The van der Waals surface area contributed by atoms with Crippen LogP contribution in [0.3, 0.4) is 0 Å². The smallest absolute Gasteiger partial charge is 0.172 e. The van der Waals surface area contributed by atoms with Gasteiger partial charge in [0.1, 0.15) is 5.82 Å². The minimum absolute atomic E-state index is 0.0190. The predicted octanol–water partition coefficient (Wildman–Crippen LogP) is 3.44. The van der Waals surface area contributed by atoms with Crippen LogP contribution in [-0.4, -0.2) is 10.8 Å². The lowest BCUT2D eigenvalue weighted by molar-refractivity contribution is 0.0957. The average molecular weight is 255 g/mol. The van der Waals surface area contributed by atoms with Crippen molar-refractivity contribution in [1.82, 2.24) is 4.98 Å². The van der Waals surface area contributed by atoms with Gasteiger partial charge in [0.15, 0.2) is 5.78 Å². The third-order valence-electron chi connectivity index (χ3n) is 3.74. The third-order valence-corrected chi connectivity index (χ3v) is 3.74. The summed E-state index contributed by atoms with van der Waals surface area (Å²) in [4.78, 5) is 16.9. The molecule has 2 aromatic rings. The highest BCUT2D eigenvalue weighted by Crippen LogP contribution is 2.34. The first-order chi connectivity index (χ1) is 9.16. The van der Waals surface area contributed by atoms with Gasteiger partial charge < -0.3 is 0 Å². The van der Waals surface area contributed by atoms with Crippen molar-refractivity contribution in [3.8, 4) is 0 Å². The number of pyridine rings is 1. The Kier molecular flexibility index (Phi) is 2.90. The van der Waals surface area contributed by atoms with Crippen LogP contribution in [0.1, 0.15) is 39.5 Å². The van der Waals surface area contributed by atoms with Crippen LogP contribution in [0.2, 0.25) is 0 Å². The summed E-state index contributed by atoms with van der Waals surface area (Å²) in [6.07, 6.45) is 3.35. The summed E-state index contributed by atoms with van der Waals surface area (Å²) in [5.74, 6) is -0.612. The quantitative estimate of drug-likeness (QED) is 0.769. The van der Waals surface area contributed by atoms with Crippen molar-refractivity contribution in [2.24, 2.45) is 0 Å². The highest BCUT2D eigenvalue weighted by atomic mass is 19.1. The number of benzene rings is 1. The van der Waals surface area contributed by atoms with Crippen molar-refractivity contribution in [1.29, 1.82) is 0 Å². The third kappa shape index (κ3) is 2.05. The largest absolute Gasteiger partial charge is 0.293 e. The number of aryl methyl sites for hydroxylation is 2. The summed E-state index contributed by atoms with van der Waals surface area (Å²) >= 11 is 0. The Morgan fingerprint density at radius 1 is 1.37 bits per heavy atom. The van der Waals surface area contributed by atoms with E-state index in [4.69, 9.17) is 0 Å². The second kappa shape index (κ2) is 4.57. The Balaban J connectivity index is 2.00. The van der Waals surface area contributed by atoms with Crippen LogP contribution in [0, 0.1) is 12.7 Å². The Morgan fingerprint density at radius 2 is 2.21 bits per heavy atom. The molecule has 0 N–H and O–H groups in total. The van der Waals surface area contributed by atoms with Gasteiger partial charge in [0.2, 0.25) is 0 Å². The van der Waals surface area contributed by atoms with E-state index >= 15 is 0 Å². The molecule has 1 aliphatic carbocycles. The van der Waals surface area contributed by atoms with Crippen molar-refractivity contribution >= 4 is 5.78 Å². The van der Waals surface area contributed by atoms with E-state index in [0.717, 1.165) is 29.7 Å². The van der Waals surface area contributed by atoms with Crippen molar-refractivity contribution in [2.45, 2.75) is 25.7 Å². The fraction of sp³-hybridized carbons (Fsp3) is 0.250. The van der Waals surface area contributed by atoms with Gasteiger partial charge in [-0.1, -0.05) is 12.1 Å². The van der Waals surface area contributed by atoms with E-state index in [0.29, 0.717) is 5.56 Å².